The van der Waals surface area contributed by atoms with Crippen molar-refractivity contribution in [2.24, 2.45) is 5.92 Å². The summed E-state index contributed by atoms with van der Waals surface area (Å²) in [7, 11) is 0. The average Bonchev–Trinajstić information content (AvgIpc) is 2.87. The van der Waals surface area contributed by atoms with Gasteiger partial charge in [-0.1, -0.05) is 50.6 Å². The van der Waals surface area contributed by atoms with E-state index in [1.54, 1.807) is 13.0 Å². The van der Waals surface area contributed by atoms with Gasteiger partial charge in [0.05, 0.1) is 6.61 Å². The molecule has 0 aliphatic rings. The summed E-state index contributed by atoms with van der Waals surface area (Å²) >= 11 is 10.3. The Bertz CT molecular complexity index is 963. The normalized spacial score (nSPS) is 13.1. The van der Waals surface area contributed by atoms with E-state index in [0.29, 0.717) is 18.0 Å². The van der Waals surface area contributed by atoms with Crippen LogP contribution in [0.4, 0.5) is 4.79 Å². The number of carbonyl (C=O) groups excluding carboxylic acids is 4. The number of amides is 4. The van der Waals surface area contributed by atoms with Crippen molar-refractivity contribution in [2.45, 2.75) is 64.6 Å². The fourth-order valence-electron chi connectivity index (χ4n) is 3.20. The summed E-state index contributed by atoms with van der Waals surface area (Å²) < 4.78 is 5.01. The number of carbonyl (C=O) groups is 5. The average molecular weight is 573 g/mol. The molecule has 38 heavy (non-hydrogen) atoms. The van der Waals surface area contributed by atoms with Crippen molar-refractivity contribution in [1.82, 2.24) is 21.3 Å². The Kier molecular flexibility index (Phi) is 15.2. The smallest absolute Gasteiger partial charge is 0.407 e. The van der Waals surface area contributed by atoms with E-state index in [-0.39, 0.29) is 37.5 Å². The third-order valence-electron chi connectivity index (χ3n) is 5.31. The van der Waals surface area contributed by atoms with Gasteiger partial charge in [-0.2, -0.15) is 12.6 Å². The van der Waals surface area contributed by atoms with E-state index < -0.39 is 47.9 Å². The summed E-state index contributed by atoms with van der Waals surface area (Å²) in [5.41, 5.74) is 0.869. The molecule has 0 unspecified atom stereocenters. The third-order valence-corrected chi connectivity index (χ3v) is 6.05. The molecule has 0 aliphatic carbocycles. The quantitative estimate of drug-likeness (QED) is 0.165. The highest BCUT2D eigenvalue weighted by Crippen LogP contribution is 2.14. The summed E-state index contributed by atoms with van der Waals surface area (Å²) in [4.78, 5) is 61.3. The molecule has 0 aliphatic heterocycles. The van der Waals surface area contributed by atoms with Gasteiger partial charge < -0.3 is 31.1 Å². The number of carboxylic acid groups (broad SMARTS) is 1. The van der Waals surface area contributed by atoms with E-state index in [0.717, 1.165) is 5.56 Å². The molecule has 0 heterocycles. The maximum atomic E-state index is 12.8. The van der Waals surface area contributed by atoms with E-state index in [1.807, 2.05) is 32.0 Å². The molecule has 0 saturated heterocycles. The Balaban J connectivity index is 2.73. The lowest BCUT2D eigenvalue weighted by atomic mass is 10.1. The first kappa shape index (κ1) is 33.0. The van der Waals surface area contributed by atoms with Crippen molar-refractivity contribution < 1.29 is 33.8 Å². The lowest BCUT2D eigenvalue weighted by molar-refractivity contribution is -0.137. The molecule has 0 saturated carbocycles. The van der Waals surface area contributed by atoms with Gasteiger partial charge in [-0.15, -0.1) is 0 Å². The summed E-state index contributed by atoms with van der Waals surface area (Å²) in [5.74, 6) is -2.90. The Morgan fingerprint density at radius 2 is 1.61 bits per heavy atom. The van der Waals surface area contributed by atoms with Gasteiger partial charge in [0.25, 0.3) is 0 Å². The van der Waals surface area contributed by atoms with Gasteiger partial charge in [-0.3, -0.25) is 19.2 Å². The van der Waals surface area contributed by atoms with Crippen molar-refractivity contribution in [3.8, 4) is 0 Å². The highest BCUT2D eigenvalue weighted by Gasteiger charge is 2.29. The minimum atomic E-state index is -1.23. The maximum Gasteiger partial charge on any atom is 0.407 e. The van der Waals surface area contributed by atoms with Crippen LogP contribution in [-0.4, -0.2) is 71.9 Å². The second-order valence-corrected chi connectivity index (χ2v) is 9.74. The first-order valence-electron chi connectivity index (χ1n) is 12.4. The first-order chi connectivity index (χ1) is 18.0. The Morgan fingerprint density at radius 3 is 2.18 bits per heavy atom. The molecule has 3 atom stereocenters. The number of thiol groups is 1. The van der Waals surface area contributed by atoms with E-state index in [1.165, 1.54) is 0 Å². The number of ether oxygens (including phenoxy) is 1. The van der Waals surface area contributed by atoms with Crippen molar-refractivity contribution in [3.63, 3.8) is 0 Å². The predicted molar refractivity (Wildman–Crippen MR) is 146 cm³/mol. The summed E-state index contributed by atoms with van der Waals surface area (Å²) in [6.45, 7) is 5.73. The van der Waals surface area contributed by atoms with Crippen LogP contribution in [0.2, 0.25) is 5.02 Å². The van der Waals surface area contributed by atoms with Crippen LogP contribution in [-0.2, 0) is 30.3 Å². The monoisotopic (exact) mass is 572 g/mol. The maximum absolute atomic E-state index is 12.8. The molecular formula is C25H37ClN4O7S. The number of aliphatic carboxylic acids is 1. The van der Waals surface area contributed by atoms with Crippen LogP contribution in [0.15, 0.2) is 24.3 Å². The number of alkyl carbamates (subject to hydrolysis) is 1. The zero-order valence-electron chi connectivity index (χ0n) is 21.8. The highest BCUT2D eigenvalue weighted by atomic mass is 35.5. The molecule has 212 valence electrons. The SMILES string of the molecule is CC[C@H](NC(=O)[C@H](CCC(=O)O)NC(=O)OCC(C)C)C(=O)N[C@@H](CS)C(=O)NCCc1ccccc1Cl. The number of halogens is 1. The fraction of sp³-hybridized carbons (Fsp3) is 0.560. The molecule has 4 amide bonds. The molecular weight excluding hydrogens is 536 g/mol. The van der Waals surface area contributed by atoms with Crippen LogP contribution in [0.3, 0.4) is 0 Å². The Morgan fingerprint density at radius 1 is 0.974 bits per heavy atom. The number of hydrogen-bond acceptors (Lipinski definition) is 7. The van der Waals surface area contributed by atoms with Crippen LogP contribution in [0.5, 0.6) is 0 Å². The molecule has 5 N–H and O–H groups in total. The van der Waals surface area contributed by atoms with Gasteiger partial charge in [-0.05, 0) is 36.8 Å². The summed E-state index contributed by atoms with van der Waals surface area (Å²) in [5, 5.41) is 19.8. The number of benzene rings is 1. The minimum Gasteiger partial charge on any atom is -0.481 e. The van der Waals surface area contributed by atoms with Crippen LogP contribution >= 0.6 is 24.2 Å². The third kappa shape index (κ3) is 12.5. The number of rotatable bonds is 16. The van der Waals surface area contributed by atoms with E-state index in [2.05, 4.69) is 33.9 Å². The number of hydrogen-bond donors (Lipinski definition) is 6. The van der Waals surface area contributed by atoms with E-state index in [9.17, 15) is 24.0 Å². The zero-order valence-corrected chi connectivity index (χ0v) is 23.4. The van der Waals surface area contributed by atoms with Crippen LogP contribution < -0.4 is 21.3 Å². The van der Waals surface area contributed by atoms with E-state index >= 15 is 0 Å². The molecule has 1 aromatic carbocycles. The summed E-state index contributed by atoms with van der Waals surface area (Å²) in [6.07, 6.45) is -0.791. The Labute approximate surface area is 233 Å². The van der Waals surface area contributed by atoms with Crippen LogP contribution in [0, 0.1) is 5.92 Å². The lowest BCUT2D eigenvalue weighted by Crippen LogP contribution is -2.57. The van der Waals surface area contributed by atoms with Gasteiger partial charge in [0.2, 0.25) is 17.7 Å². The van der Waals surface area contributed by atoms with E-state index in [4.69, 9.17) is 21.4 Å². The fourth-order valence-corrected chi connectivity index (χ4v) is 3.69. The largest absolute Gasteiger partial charge is 0.481 e. The van der Waals surface area contributed by atoms with Gasteiger partial charge in [-0.25, -0.2) is 4.79 Å². The zero-order chi connectivity index (χ0) is 28.7. The predicted octanol–water partition coefficient (Wildman–Crippen LogP) is 1.92. The standard InChI is InChI=1S/C25H37ClN4O7S/c1-4-18(28-24(35)19(9-10-21(31)32)30-25(36)37-13-15(2)3)23(34)29-20(14-38)22(33)27-12-11-16-7-5-6-8-17(16)26/h5-8,15,18-20,38H,4,9-14H2,1-3H3,(H,27,33)(H,28,35)(H,29,34)(H,30,36)(H,31,32)/t18-,19-,20-/m0/s1. The minimum absolute atomic E-state index is 0.0124. The van der Waals surface area contributed by atoms with Crippen molar-refractivity contribution in [1.29, 1.82) is 0 Å². The lowest BCUT2D eigenvalue weighted by Gasteiger charge is -2.24. The van der Waals surface area contributed by atoms with Gasteiger partial charge in [0.1, 0.15) is 18.1 Å². The molecule has 1 rings (SSSR count). The summed E-state index contributed by atoms with van der Waals surface area (Å²) in [6, 6.07) is 4.02. The second-order valence-electron chi connectivity index (χ2n) is 8.97. The van der Waals surface area contributed by atoms with Crippen molar-refractivity contribution in [2.75, 3.05) is 18.9 Å². The molecule has 0 radical (unpaired) electrons. The molecule has 0 bridgehead atoms. The number of nitrogens with one attached hydrogen (secondary N) is 4. The number of carboxylic acids is 1. The van der Waals surface area contributed by atoms with Crippen molar-refractivity contribution in [3.05, 3.63) is 34.9 Å². The van der Waals surface area contributed by atoms with Gasteiger partial charge >= 0.3 is 12.1 Å². The van der Waals surface area contributed by atoms with Crippen molar-refractivity contribution >= 4 is 54.0 Å². The second kappa shape index (κ2) is 17.5. The Hall–Kier alpha value is -2.99. The van der Waals surface area contributed by atoms with Crippen LogP contribution in [0.1, 0.15) is 45.6 Å². The molecule has 13 heteroatoms. The molecule has 0 fully saturated rings. The highest BCUT2D eigenvalue weighted by molar-refractivity contribution is 7.80. The molecule has 0 spiro atoms. The molecule has 1 aromatic rings. The van der Waals surface area contributed by atoms with Gasteiger partial charge in [0, 0.05) is 23.7 Å². The topological polar surface area (TPSA) is 163 Å². The first-order valence-corrected chi connectivity index (χ1v) is 13.4. The molecule has 11 nitrogen and oxygen atoms in total. The van der Waals surface area contributed by atoms with Crippen LogP contribution in [0.25, 0.3) is 0 Å². The molecule has 0 aromatic heterocycles. The van der Waals surface area contributed by atoms with Gasteiger partial charge in [0.15, 0.2) is 0 Å².